The van der Waals surface area contributed by atoms with Crippen LogP contribution in [0.15, 0.2) is 12.2 Å². The smallest absolute Gasteiger partial charge is 0.225 e. The minimum atomic E-state index is 0.168. The molecule has 23 heavy (non-hydrogen) atoms. The summed E-state index contributed by atoms with van der Waals surface area (Å²) >= 11 is 0. The van der Waals surface area contributed by atoms with E-state index in [0.29, 0.717) is 19.1 Å². The van der Waals surface area contributed by atoms with Crippen molar-refractivity contribution in [3.63, 3.8) is 0 Å². The van der Waals surface area contributed by atoms with Crippen LogP contribution in [0.25, 0.3) is 0 Å². The van der Waals surface area contributed by atoms with Crippen molar-refractivity contribution < 1.29 is 9.53 Å². The third-order valence-electron chi connectivity index (χ3n) is 4.88. The lowest BCUT2D eigenvalue weighted by molar-refractivity contribution is -0.139. The largest absolute Gasteiger partial charge is 0.378 e. The Morgan fingerprint density at radius 2 is 1.74 bits per heavy atom. The van der Waals surface area contributed by atoms with Gasteiger partial charge in [0.15, 0.2) is 0 Å². The summed E-state index contributed by atoms with van der Waals surface area (Å²) in [6.45, 7) is 9.48. The van der Waals surface area contributed by atoms with Crippen molar-refractivity contribution in [1.82, 2.24) is 4.90 Å². The highest BCUT2D eigenvalue weighted by molar-refractivity contribution is 5.78. The quantitative estimate of drug-likeness (QED) is 0.403. The fraction of sp³-hybridized carbons (Fsp3) is 0.850. The number of hydrogen-bond donors (Lipinski definition) is 0. The van der Waals surface area contributed by atoms with Gasteiger partial charge in [-0.25, -0.2) is 0 Å². The monoisotopic (exact) mass is 323 g/mol. The van der Waals surface area contributed by atoms with Crippen molar-refractivity contribution in [2.75, 3.05) is 26.3 Å². The van der Waals surface area contributed by atoms with Gasteiger partial charge in [-0.2, -0.15) is 0 Å². The highest BCUT2D eigenvalue weighted by Gasteiger charge is 2.22. The summed E-state index contributed by atoms with van der Waals surface area (Å²) < 4.78 is 5.31. The van der Waals surface area contributed by atoms with E-state index in [1.807, 2.05) is 4.90 Å². The molecule has 0 N–H and O–H groups in total. The summed E-state index contributed by atoms with van der Waals surface area (Å²) in [7, 11) is 0. The molecule has 0 aromatic heterocycles. The van der Waals surface area contributed by atoms with E-state index in [1.165, 1.54) is 44.9 Å². The molecule has 1 aliphatic heterocycles. The van der Waals surface area contributed by atoms with Gasteiger partial charge in [-0.1, -0.05) is 58.1 Å². The molecule has 0 bridgehead atoms. The number of carbonyl (C=O) groups is 1. The maximum atomic E-state index is 12.3. The zero-order valence-corrected chi connectivity index (χ0v) is 15.6. The molecule has 134 valence electrons. The molecular weight excluding hydrogens is 286 g/mol. The minimum absolute atomic E-state index is 0.168. The fourth-order valence-corrected chi connectivity index (χ4v) is 3.23. The normalized spacial score (nSPS) is 18.3. The highest BCUT2D eigenvalue weighted by atomic mass is 16.5. The Labute approximate surface area is 143 Å². The lowest BCUT2D eigenvalue weighted by Crippen LogP contribution is -2.43. The molecule has 0 aliphatic carbocycles. The highest BCUT2D eigenvalue weighted by Crippen LogP contribution is 2.19. The second-order valence-corrected chi connectivity index (χ2v) is 7.08. The van der Waals surface area contributed by atoms with Crippen LogP contribution in [-0.4, -0.2) is 37.1 Å². The second kappa shape index (κ2) is 12.6. The summed E-state index contributed by atoms with van der Waals surface area (Å²) in [5.41, 5.74) is 0. The molecule has 0 radical (unpaired) electrons. The summed E-state index contributed by atoms with van der Waals surface area (Å²) in [6, 6.07) is 0. The number of morpholine rings is 1. The Bertz CT molecular complexity index is 335. The van der Waals surface area contributed by atoms with Gasteiger partial charge in [-0.15, -0.1) is 0 Å². The number of ether oxygens (including phenoxy) is 1. The van der Waals surface area contributed by atoms with Crippen LogP contribution < -0.4 is 0 Å². The van der Waals surface area contributed by atoms with Gasteiger partial charge >= 0.3 is 0 Å². The van der Waals surface area contributed by atoms with E-state index in [4.69, 9.17) is 4.74 Å². The Kier molecular flexibility index (Phi) is 11.1. The number of carbonyl (C=O) groups excluding carboxylic acids is 1. The fourth-order valence-electron chi connectivity index (χ4n) is 3.23. The first-order valence-corrected chi connectivity index (χ1v) is 9.62. The molecule has 2 unspecified atom stereocenters. The first kappa shape index (κ1) is 20.2. The van der Waals surface area contributed by atoms with Crippen molar-refractivity contribution >= 4 is 5.91 Å². The first-order valence-electron chi connectivity index (χ1n) is 9.62. The molecule has 0 spiro atoms. The average molecular weight is 324 g/mol. The van der Waals surface area contributed by atoms with Crippen LogP contribution in [0.3, 0.4) is 0 Å². The molecule has 3 heteroatoms. The Hall–Kier alpha value is -0.830. The SMILES string of the molecule is C/C=C/CCCCCC(C)CCCC(C)C(=O)N1CCOCC1. The van der Waals surface area contributed by atoms with E-state index in [9.17, 15) is 4.79 Å². The molecule has 1 rings (SSSR count). The van der Waals surface area contributed by atoms with E-state index < -0.39 is 0 Å². The zero-order chi connectivity index (χ0) is 16.9. The number of rotatable bonds is 11. The van der Waals surface area contributed by atoms with Crippen LogP contribution in [0.4, 0.5) is 0 Å². The maximum absolute atomic E-state index is 12.3. The van der Waals surface area contributed by atoms with Crippen LogP contribution >= 0.6 is 0 Å². The van der Waals surface area contributed by atoms with E-state index in [2.05, 4.69) is 32.9 Å². The predicted octanol–water partition coefficient (Wildman–Crippen LogP) is 4.81. The van der Waals surface area contributed by atoms with E-state index >= 15 is 0 Å². The summed E-state index contributed by atoms with van der Waals surface area (Å²) in [5.74, 6) is 1.29. The van der Waals surface area contributed by atoms with Crippen LogP contribution in [0.1, 0.15) is 72.1 Å². The Morgan fingerprint density at radius 1 is 1.04 bits per heavy atom. The summed E-state index contributed by atoms with van der Waals surface area (Å²) in [6.07, 6.45) is 14.4. The van der Waals surface area contributed by atoms with Crippen molar-refractivity contribution in [1.29, 1.82) is 0 Å². The lowest BCUT2D eigenvalue weighted by Gasteiger charge is -2.29. The maximum Gasteiger partial charge on any atom is 0.225 e. The molecule has 1 aliphatic rings. The molecule has 3 nitrogen and oxygen atoms in total. The van der Waals surface area contributed by atoms with E-state index in [-0.39, 0.29) is 5.92 Å². The van der Waals surface area contributed by atoms with E-state index in [1.54, 1.807) is 0 Å². The number of hydrogen-bond acceptors (Lipinski definition) is 2. The first-order chi connectivity index (χ1) is 11.1. The summed E-state index contributed by atoms with van der Waals surface area (Å²) in [4.78, 5) is 14.3. The van der Waals surface area contributed by atoms with Gasteiger partial charge in [0, 0.05) is 19.0 Å². The third-order valence-corrected chi connectivity index (χ3v) is 4.88. The minimum Gasteiger partial charge on any atom is -0.378 e. The average Bonchev–Trinajstić information content (AvgIpc) is 2.58. The standard InChI is InChI=1S/C20H37NO2/c1-4-5-6-7-8-9-11-18(2)12-10-13-19(3)20(22)21-14-16-23-17-15-21/h4-5,18-19H,6-17H2,1-3H3/b5-4+. The second-order valence-electron chi connectivity index (χ2n) is 7.08. The Balaban J connectivity index is 2.04. The third kappa shape index (κ3) is 9.14. The van der Waals surface area contributed by atoms with Gasteiger partial charge in [0.1, 0.15) is 0 Å². The van der Waals surface area contributed by atoms with Crippen LogP contribution in [0.5, 0.6) is 0 Å². The predicted molar refractivity (Wildman–Crippen MR) is 97.5 cm³/mol. The molecule has 2 atom stereocenters. The van der Waals surface area contributed by atoms with Gasteiger partial charge in [0.05, 0.1) is 13.2 Å². The Morgan fingerprint density at radius 3 is 2.43 bits per heavy atom. The summed E-state index contributed by atoms with van der Waals surface area (Å²) in [5, 5.41) is 0. The number of amides is 1. The van der Waals surface area contributed by atoms with Gasteiger partial charge < -0.3 is 9.64 Å². The molecule has 1 amide bonds. The topological polar surface area (TPSA) is 29.5 Å². The van der Waals surface area contributed by atoms with Crippen LogP contribution in [0, 0.1) is 11.8 Å². The number of allylic oxidation sites excluding steroid dienone is 2. The molecule has 0 aromatic carbocycles. The molecular formula is C20H37NO2. The van der Waals surface area contributed by atoms with Gasteiger partial charge in [-0.3, -0.25) is 4.79 Å². The van der Waals surface area contributed by atoms with Crippen LogP contribution in [-0.2, 0) is 9.53 Å². The van der Waals surface area contributed by atoms with Crippen LogP contribution in [0.2, 0.25) is 0 Å². The molecule has 1 fully saturated rings. The lowest BCUT2D eigenvalue weighted by atomic mass is 9.94. The molecule has 0 aromatic rings. The van der Waals surface area contributed by atoms with Crippen molar-refractivity contribution in [2.45, 2.75) is 72.1 Å². The molecule has 1 heterocycles. The zero-order valence-electron chi connectivity index (χ0n) is 15.6. The molecule has 0 saturated carbocycles. The van der Waals surface area contributed by atoms with Crippen molar-refractivity contribution in [3.8, 4) is 0 Å². The number of unbranched alkanes of at least 4 members (excludes halogenated alkanes) is 3. The van der Waals surface area contributed by atoms with E-state index in [0.717, 1.165) is 25.4 Å². The van der Waals surface area contributed by atoms with Gasteiger partial charge in [0.2, 0.25) is 5.91 Å². The molecule has 1 saturated heterocycles. The van der Waals surface area contributed by atoms with Gasteiger partial charge in [0.25, 0.3) is 0 Å². The van der Waals surface area contributed by atoms with Crippen molar-refractivity contribution in [2.24, 2.45) is 11.8 Å². The number of nitrogens with zero attached hydrogens (tertiary/aromatic N) is 1. The van der Waals surface area contributed by atoms with Crippen molar-refractivity contribution in [3.05, 3.63) is 12.2 Å². The van der Waals surface area contributed by atoms with Gasteiger partial charge in [-0.05, 0) is 32.1 Å².